The maximum Gasteiger partial charge on any atom is 0.294 e. The van der Waals surface area contributed by atoms with Crippen molar-refractivity contribution in [1.29, 1.82) is 0 Å². The fraction of sp³-hybridized carbons (Fsp3) is 0.125. The van der Waals surface area contributed by atoms with E-state index in [4.69, 9.17) is 4.42 Å². The minimum Gasteiger partial charge on any atom is -0.432 e. The van der Waals surface area contributed by atoms with E-state index in [-0.39, 0.29) is 0 Å². The van der Waals surface area contributed by atoms with E-state index in [2.05, 4.69) is 15.3 Å². The monoisotopic (exact) mass is 163 g/mol. The Morgan fingerprint density at radius 1 is 1.58 bits per heavy atom. The molecule has 4 nitrogen and oxygen atoms in total. The predicted molar refractivity (Wildman–Crippen MR) is 45.8 cm³/mol. The van der Waals surface area contributed by atoms with Crippen molar-refractivity contribution in [3.63, 3.8) is 0 Å². The number of nitrogens with one attached hydrogen (secondary N) is 2. The molecule has 0 saturated carbocycles. The Morgan fingerprint density at radius 3 is 3.08 bits per heavy atom. The molecular formula is C8H9N3O. The van der Waals surface area contributed by atoms with Gasteiger partial charge >= 0.3 is 0 Å². The molecule has 0 unspecified atom stereocenters. The summed E-state index contributed by atoms with van der Waals surface area (Å²) in [5.74, 6) is 0. The van der Waals surface area contributed by atoms with Crippen LogP contribution in [0.25, 0.3) is 11.3 Å². The SMILES string of the molecule is CNc1nc(-c2cc[nH]c2)co1. The minimum atomic E-state index is 0.534. The van der Waals surface area contributed by atoms with Crippen molar-refractivity contribution >= 4 is 6.01 Å². The van der Waals surface area contributed by atoms with Gasteiger partial charge in [-0.15, -0.1) is 0 Å². The summed E-state index contributed by atoms with van der Waals surface area (Å²) in [5.41, 5.74) is 1.86. The second kappa shape index (κ2) is 2.73. The van der Waals surface area contributed by atoms with Crippen LogP contribution in [0.1, 0.15) is 0 Å². The van der Waals surface area contributed by atoms with Gasteiger partial charge in [0.2, 0.25) is 0 Å². The molecule has 0 saturated heterocycles. The maximum atomic E-state index is 5.10. The van der Waals surface area contributed by atoms with Crippen LogP contribution in [0.15, 0.2) is 29.1 Å². The van der Waals surface area contributed by atoms with Gasteiger partial charge in [0.1, 0.15) is 12.0 Å². The van der Waals surface area contributed by atoms with Crippen LogP contribution in [-0.4, -0.2) is 17.0 Å². The lowest BCUT2D eigenvalue weighted by Gasteiger charge is -1.86. The molecule has 12 heavy (non-hydrogen) atoms. The van der Waals surface area contributed by atoms with Gasteiger partial charge in [-0.3, -0.25) is 0 Å². The zero-order chi connectivity index (χ0) is 8.39. The van der Waals surface area contributed by atoms with Gasteiger partial charge < -0.3 is 14.7 Å². The molecule has 2 aromatic heterocycles. The van der Waals surface area contributed by atoms with Gasteiger partial charge in [-0.1, -0.05) is 0 Å². The van der Waals surface area contributed by atoms with E-state index in [1.807, 2.05) is 18.5 Å². The van der Waals surface area contributed by atoms with Crippen LogP contribution >= 0.6 is 0 Å². The molecule has 0 bridgehead atoms. The molecule has 0 spiro atoms. The second-order valence-corrected chi connectivity index (χ2v) is 2.39. The summed E-state index contributed by atoms with van der Waals surface area (Å²) < 4.78 is 5.10. The molecule has 0 atom stereocenters. The molecule has 2 N–H and O–H groups in total. The lowest BCUT2D eigenvalue weighted by Crippen LogP contribution is -1.86. The highest BCUT2D eigenvalue weighted by Gasteiger charge is 2.03. The third-order valence-electron chi connectivity index (χ3n) is 1.61. The normalized spacial score (nSPS) is 10.1. The number of nitrogens with zero attached hydrogens (tertiary/aromatic N) is 1. The Bertz CT molecular complexity index is 350. The van der Waals surface area contributed by atoms with Crippen molar-refractivity contribution in [2.24, 2.45) is 0 Å². The van der Waals surface area contributed by atoms with Crippen LogP contribution < -0.4 is 5.32 Å². The number of hydrogen-bond acceptors (Lipinski definition) is 3. The van der Waals surface area contributed by atoms with E-state index in [9.17, 15) is 0 Å². The smallest absolute Gasteiger partial charge is 0.294 e. The molecular weight excluding hydrogens is 154 g/mol. The van der Waals surface area contributed by atoms with Gasteiger partial charge in [0.15, 0.2) is 0 Å². The Morgan fingerprint density at radius 2 is 2.50 bits per heavy atom. The summed E-state index contributed by atoms with van der Waals surface area (Å²) >= 11 is 0. The van der Waals surface area contributed by atoms with Crippen molar-refractivity contribution in [3.8, 4) is 11.3 Å². The first-order valence-electron chi connectivity index (χ1n) is 3.66. The average molecular weight is 163 g/mol. The predicted octanol–water partition coefficient (Wildman–Crippen LogP) is 1.71. The molecule has 62 valence electrons. The van der Waals surface area contributed by atoms with Gasteiger partial charge in [-0.05, 0) is 6.07 Å². The third-order valence-corrected chi connectivity index (χ3v) is 1.61. The topological polar surface area (TPSA) is 53.9 Å². The van der Waals surface area contributed by atoms with Gasteiger partial charge in [0, 0.05) is 25.0 Å². The summed E-state index contributed by atoms with van der Waals surface area (Å²) in [4.78, 5) is 7.13. The average Bonchev–Trinajstić information content (AvgIpc) is 2.75. The second-order valence-electron chi connectivity index (χ2n) is 2.39. The molecule has 0 radical (unpaired) electrons. The summed E-state index contributed by atoms with van der Waals surface area (Å²) in [6, 6.07) is 2.48. The van der Waals surface area contributed by atoms with Crippen LogP contribution in [0.2, 0.25) is 0 Å². The van der Waals surface area contributed by atoms with E-state index in [0.717, 1.165) is 11.3 Å². The number of hydrogen-bond donors (Lipinski definition) is 2. The van der Waals surface area contributed by atoms with E-state index in [0.29, 0.717) is 6.01 Å². The first-order valence-corrected chi connectivity index (χ1v) is 3.66. The van der Waals surface area contributed by atoms with E-state index in [1.54, 1.807) is 13.3 Å². The fourth-order valence-corrected chi connectivity index (χ4v) is 1.00. The van der Waals surface area contributed by atoms with Crippen molar-refractivity contribution in [3.05, 3.63) is 24.7 Å². The zero-order valence-electron chi connectivity index (χ0n) is 6.66. The lowest BCUT2D eigenvalue weighted by atomic mass is 10.3. The summed E-state index contributed by atoms with van der Waals surface area (Å²) in [7, 11) is 1.77. The van der Waals surface area contributed by atoms with Crippen LogP contribution in [0.3, 0.4) is 0 Å². The molecule has 2 rings (SSSR count). The summed E-state index contributed by atoms with van der Waals surface area (Å²) in [6.07, 6.45) is 5.34. The molecule has 2 aromatic rings. The van der Waals surface area contributed by atoms with E-state index in [1.165, 1.54) is 0 Å². The number of H-pyrrole nitrogens is 1. The molecule has 0 aliphatic carbocycles. The first-order chi connectivity index (χ1) is 5.90. The Labute approximate surface area is 69.6 Å². The summed E-state index contributed by atoms with van der Waals surface area (Å²) in [6.45, 7) is 0. The van der Waals surface area contributed by atoms with Crippen LogP contribution in [-0.2, 0) is 0 Å². The first kappa shape index (κ1) is 6.97. The van der Waals surface area contributed by atoms with Gasteiger partial charge in [-0.25, -0.2) is 0 Å². The Kier molecular flexibility index (Phi) is 1.59. The number of oxazole rings is 1. The number of anilines is 1. The van der Waals surface area contributed by atoms with Crippen molar-refractivity contribution in [1.82, 2.24) is 9.97 Å². The van der Waals surface area contributed by atoms with E-state index < -0.39 is 0 Å². The van der Waals surface area contributed by atoms with Crippen molar-refractivity contribution in [2.75, 3.05) is 12.4 Å². The molecule has 4 heteroatoms. The quantitative estimate of drug-likeness (QED) is 0.708. The van der Waals surface area contributed by atoms with Crippen molar-refractivity contribution < 1.29 is 4.42 Å². The van der Waals surface area contributed by atoms with Crippen LogP contribution in [0, 0.1) is 0 Å². The molecule has 0 aromatic carbocycles. The highest BCUT2D eigenvalue weighted by atomic mass is 16.4. The third kappa shape index (κ3) is 1.07. The molecule has 2 heterocycles. The number of aromatic amines is 1. The Balaban J connectivity index is 2.35. The van der Waals surface area contributed by atoms with Crippen LogP contribution in [0.4, 0.5) is 6.01 Å². The van der Waals surface area contributed by atoms with Gasteiger partial charge in [-0.2, -0.15) is 4.98 Å². The Hall–Kier alpha value is -1.71. The molecule has 0 aliphatic rings. The van der Waals surface area contributed by atoms with Crippen molar-refractivity contribution in [2.45, 2.75) is 0 Å². The standard InChI is InChI=1S/C8H9N3O/c1-9-8-11-7(5-12-8)6-2-3-10-4-6/h2-5,10H,1H3,(H,9,11). The number of rotatable bonds is 2. The molecule has 0 amide bonds. The maximum absolute atomic E-state index is 5.10. The summed E-state index contributed by atoms with van der Waals surface area (Å²) in [5, 5.41) is 2.82. The lowest BCUT2D eigenvalue weighted by molar-refractivity contribution is 0.576. The number of aromatic nitrogens is 2. The van der Waals surface area contributed by atoms with Gasteiger partial charge in [0.25, 0.3) is 6.01 Å². The van der Waals surface area contributed by atoms with Gasteiger partial charge in [0.05, 0.1) is 0 Å². The largest absolute Gasteiger partial charge is 0.432 e. The molecule has 0 aliphatic heterocycles. The fourth-order valence-electron chi connectivity index (χ4n) is 1.00. The highest BCUT2D eigenvalue weighted by molar-refractivity contribution is 5.57. The minimum absolute atomic E-state index is 0.534. The van der Waals surface area contributed by atoms with E-state index >= 15 is 0 Å². The zero-order valence-corrected chi connectivity index (χ0v) is 6.66. The molecule has 0 fully saturated rings. The van der Waals surface area contributed by atoms with Crippen LogP contribution in [0.5, 0.6) is 0 Å². The highest BCUT2D eigenvalue weighted by Crippen LogP contribution is 2.19.